The highest BCUT2D eigenvalue weighted by atomic mass is 79.9. The fourth-order valence-corrected chi connectivity index (χ4v) is 3.45. The lowest BCUT2D eigenvalue weighted by Gasteiger charge is -2.28. The molecule has 2 nitrogen and oxygen atoms in total. The van der Waals surface area contributed by atoms with Gasteiger partial charge in [-0.1, -0.05) is 25.3 Å². The summed E-state index contributed by atoms with van der Waals surface area (Å²) in [6.07, 6.45) is 6.80. The molecule has 118 valence electrons. The van der Waals surface area contributed by atoms with Gasteiger partial charge in [-0.3, -0.25) is 0 Å². The molecule has 0 aromatic heterocycles. The summed E-state index contributed by atoms with van der Waals surface area (Å²) in [6, 6.07) is 6.82. The van der Waals surface area contributed by atoms with Crippen LogP contribution in [0.15, 0.2) is 22.7 Å². The molecule has 21 heavy (non-hydrogen) atoms. The minimum Gasteiger partial charge on any atom is -0.371 e. The molecule has 1 aliphatic heterocycles. The summed E-state index contributed by atoms with van der Waals surface area (Å²) in [5.41, 5.74) is 2.86. The first-order chi connectivity index (χ1) is 9.96. The summed E-state index contributed by atoms with van der Waals surface area (Å²) in [7, 11) is 0. The Kier molecular flexibility index (Phi) is 6.12. The summed E-state index contributed by atoms with van der Waals surface area (Å²) in [4.78, 5) is 2.55. The Morgan fingerprint density at radius 2 is 1.67 bits per heavy atom. The fourth-order valence-electron chi connectivity index (χ4n) is 2.77. The second-order valence-corrected chi connectivity index (χ2v) is 8.00. The van der Waals surface area contributed by atoms with E-state index in [0.717, 1.165) is 6.54 Å². The van der Waals surface area contributed by atoms with Crippen molar-refractivity contribution in [2.75, 3.05) is 18.0 Å². The van der Waals surface area contributed by atoms with E-state index in [-0.39, 0.29) is 5.54 Å². The molecular formula is C18H29BrN2. The molecule has 0 bridgehead atoms. The van der Waals surface area contributed by atoms with Crippen molar-refractivity contribution in [2.45, 2.75) is 65.0 Å². The van der Waals surface area contributed by atoms with Gasteiger partial charge in [0, 0.05) is 29.6 Å². The Labute approximate surface area is 138 Å². The van der Waals surface area contributed by atoms with Crippen LogP contribution in [-0.4, -0.2) is 18.6 Å². The van der Waals surface area contributed by atoms with Crippen molar-refractivity contribution in [1.82, 2.24) is 5.32 Å². The number of anilines is 1. The summed E-state index contributed by atoms with van der Waals surface area (Å²) in [5.74, 6) is 0. The highest BCUT2D eigenvalue weighted by Gasteiger charge is 2.13. The second kappa shape index (κ2) is 7.64. The highest BCUT2D eigenvalue weighted by Crippen LogP contribution is 2.29. The number of hydrogen-bond acceptors (Lipinski definition) is 2. The molecule has 0 spiro atoms. The molecule has 1 N–H and O–H groups in total. The van der Waals surface area contributed by atoms with Crippen LogP contribution in [0.3, 0.4) is 0 Å². The van der Waals surface area contributed by atoms with Gasteiger partial charge >= 0.3 is 0 Å². The van der Waals surface area contributed by atoms with Gasteiger partial charge in [0.25, 0.3) is 0 Å². The molecule has 0 radical (unpaired) electrons. The van der Waals surface area contributed by atoms with Crippen molar-refractivity contribution >= 4 is 21.6 Å². The van der Waals surface area contributed by atoms with Gasteiger partial charge in [-0.25, -0.2) is 0 Å². The quantitative estimate of drug-likeness (QED) is 0.813. The van der Waals surface area contributed by atoms with Gasteiger partial charge in [-0.2, -0.15) is 0 Å². The smallest absolute Gasteiger partial charge is 0.0510 e. The first-order valence-electron chi connectivity index (χ1n) is 8.24. The van der Waals surface area contributed by atoms with Gasteiger partial charge in [0.15, 0.2) is 0 Å². The largest absolute Gasteiger partial charge is 0.371 e. The van der Waals surface area contributed by atoms with Crippen molar-refractivity contribution in [3.05, 3.63) is 28.2 Å². The number of nitrogens with one attached hydrogen (secondary N) is 1. The van der Waals surface area contributed by atoms with Gasteiger partial charge in [-0.15, -0.1) is 0 Å². The Morgan fingerprint density at radius 1 is 1.05 bits per heavy atom. The van der Waals surface area contributed by atoms with Crippen LogP contribution in [0.2, 0.25) is 0 Å². The first-order valence-corrected chi connectivity index (χ1v) is 9.03. The Morgan fingerprint density at radius 3 is 2.24 bits per heavy atom. The SMILES string of the molecule is CC(C)(C)NCc1ccc(N2CCCCCCC2)c(Br)c1. The van der Waals surface area contributed by atoms with Crippen molar-refractivity contribution < 1.29 is 0 Å². The fraction of sp³-hybridized carbons (Fsp3) is 0.667. The molecular weight excluding hydrogens is 324 g/mol. The first kappa shape index (κ1) is 16.8. The predicted octanol–water partition coefficient (Wildman–Crippen LogP) is 5.11. The van der Waals surface area contributed by atoms with Crippen molar-refractivity contribution in [3.8, 4) is 0 Å². The van der Waals surface area contributed by atoms with E-state index in [1.165, 1.54) is 60.9 Å². The number of nitrogens with zero attached hydrogens (tertiary/aromatic N) is 1. The van der Waals surface area contributed by atoms with E-state index < -0.39 is 0 Å². The Hall–Kier alpha value is -0.540. The molecule has 0 amide bonds. The van der Waals surface area contributed by atoms with E-state index >= 15 is 0 Å². The number of rotatable bonds is 3. The van der Waals surface area contributed by atoms with Crippen LogP contribution in [0.4, 0.5) is 5.69 Å². The lowest BCUT2D eigenvalue weighted by Crippen LogP contribution is -2.35. The average Bonchev–Trinajstić information content (AvgIpc) is 2.36. The maximum Gasteiger partial charge on any atom is 0.0510 e. The molecule has 0 atom stereocenters. The summed E-state index contributed by atoms with van der Waals surface area (Å²) >= 11 is 3.78. The molecule has 1 fully saturated rings. The zero-order valence-corrected chi connectivity index (χ0v) is 15.3. The van der Waals surface area contributed by atoms with Crippen LogP contribution in [-0.2, 0) is 6.54 Å². The molecule has 1 heterocycles. The van der Waals surface area contributed by atoms with Crippen molar-refractivity contribution in [1.29, 1.82) is 0 Å². The zero-order valence-electron chi connectivity index (χ0n) is 13.7. The van der Waals surface area contributed by atoms with Crippen molar-refractivity contribution in [3.63, 3.8) is 0 Å². The summed E-state index contributed by atoms with van der Waals surface area (Å²) in [5, 5.41) is 3.55. The monoisotopic (exact) mass is 352 g/mol. The number of hydrogen-bond donors (Lipinski definition) is 1. The van der Waals surface area contributed by atoms with Crippen LogP contribution in [0.25, 0.3) is 0 Å². The van der Waals surface area contributed by atoms with Crippen LogP contribution in [0.5, 0.6) is 0 Å². The molecule has 1 aliphatic rings. The summed E-state index contributed by atoms with van der Waals surface area (Å²) < 4.78 is 1.23. The van der Waals surface area contributed by atoms with Gasteiger partial charge in [0.1, 0.15) is 0 Å². The van der Waals surface area contributed by atoms with Crippen LogP contribution < -0.4 is 10.2 Å². The Bertz CT molecular complexity index is 443. The molecule has 0 saturated carbocycles. The lowest BCUT2D eigenvalue weighted by molar-refractivity contribution is 0.424. The van der Waals surface area contributed by atoms with E-state index in [4.69, 9.17) is 0 Å². The van der Waals surface area contributed by atoms with Gasteiger partial charge in [0.05, 0.1) is 5.69 Å². The van der Waals surface area contributed by atoms with Crippen LogP contribution in [0, 0.1) is 0 Å². The minimum absolute atomic E-state index is 0.161. The van der Waals surface area contributed by atoms with Crippen molar-refractivity contribution in [2.24, 2.45) is 0 Å². The number of halogens is 1. The van der Waals surface area contributed by atoms with Crippen LogP contribution >= 0.6 is 15.9 Å². The third kappa shape index (κ3) is 5.63. The maximum absolute atomic E-state index is 3.78. The summed E-state index contributed by atoms with van der Waals surface area (Å²) in [6.45, 7) is 9.92. The molecule has 1 aromatic carbocycles. The highest BCUT2D eigenvalue weighted by molar-refractivity contribution is 9.10. The normalized spacial score (nSPS) is 17.4. The van der Waals surface area contributed by atoms with Crippen LogP contribution in [0.1, 0.15) is 58.4 Å². The van der Waals surface area contributed by atoms with E-state index in [9.17, 15) is 0 Å². The molecule has 1 aromatic rings. The minimum atomic E-state index is 0.161. The maximum atomic E-state index is 3.78. The predicted molar refractivity (Wildman–Crippen MR) is 96.0 cm³/mol. The standard InChI is InChI=1S/C18H29BrN2/c1-18(2,3)20-14-15-9-10-17(16(19)13-15)21-11-7-5-4-6-8-12-21/h9-10,13,20H,4-8,11-12,14H2,1-3H3. The third-order valence-electron chi connectivity index (χ3n) is 4.03. The molecule has 0 unspecified atom stereocenters. The molecule has 1 saturated heterocycles. The molecule has 3 heteroatoms. The van der Waals surface area contributed by atoms with Gasteiger partial charge in [-0.05, 0) is 67.2 Å². The topological polar surface area (TPSA) is 15.3 Å². The second-order valence-electron chi connectivity index (χ2n) is 7.14. The van der Waals surface area contributed by atoms with Gasteiger partial charge in [0.2, 0.25) is 0 Å². The Balaban J connectivity index is 2.03. The van der Waals surface area contributed by atoms with E-state index in [1.807, 2.05) is 0 Å². The number of benzene rings is 1. The van der Waals surface area contributed by atoms with E-state index in [0.29, 0.717) is 0 Å². The van der Waals surface area contributed by atoms with E-state index in [1.54, 1.807) is 0 Å². The van der Waals surface area contributed by atoms with Gasteiger partial charge < -0.3 is 10.2 Å². The molecule has 0 aliphatic carbocycles. The third-order valence-corrected chi connectivity index (χ3v) is 4.67. The molecule has 2 rings (SSSR count). The van der Waals surface area contributed by atoms with E-state index in [2.05, 4.69) is 65.1 Å². The lowest BCUT2D eigenvalue weighted by atomic mass is 10.1. The zero-order chi connectivity index (χ0) is 15.3. The average molecular weight is 353 g/mol.